The quantitative estimate of drug-likeness (QED) is 0.166. The number of aryl methyl sites for hydroxylation is 3. The van der Waals surface area contributed by atoms with Gasteiger partial charge in [0.2, 0.25) is 5.69 Å². The third-order valence-corrected chi connectivity index (χ3v) is 8.00. The Morgan fingerprint density at radius 1 is 0.784 bits per heavy atom. The van der Waals surface area contributed by atoms with Crippen molar-refractivity contribution in [2.24, 2.45) is 12.5 Å². The largest absolute Gasteiger partial charge is 0.455 e. The standard InChI is InChI=1S/C35H38NO/c1-20-10-13-24-26(16-20)21(2)30-32-31-25(14-15-36(32)9)27-18-23(35(6,7)8)12-11-22(27)17-29(31)37-33(30)28(24)19-34(3,4)5/h10-18H,19H2,1-9H3/q+1. The Balaban J connectivity index is 1.78. The fraction of sp³-hybridized carbons (Fsp3) is 0.343. The molecule has 188 valence electrons. The normalized spacial score (nSPS) is 13.3. The zero-order chi connectivity index (χ0) is 26.4. The highest BCUT2D eigenvalue weighted by molar-refractivity contribution is 6.16. The summed E-state index contributed by atoms with van der Waals surface area (Å²) in [4.78, 5) is 0. The molecule has 2 nitrogen and oxygen atoms in total. The molecule has 0 radical (unpaired) electrons. The van der Waals surface area contributed by atoms with E-state index in [9.17, 15) is 0 Å². The van der Waals surface area contributed by atoms with Crippen molar-refractivity contribution in [1.82, 2.24) is 0 Å². The Morgan fingerprint density at radius 3 is 2.24 bits per heavy atom. The van der Waals surface area contributed by atoms with E-state index in [1.165, 1.54) is 65.8 Å². The van der Waals surface area contributed by atoms with Gasteiger partial charge in [0.05, 0.1) is 10.9 Å². The SMILES string of the molecule is Cc1ccc2c(CC(C)(C)C)c3c(c(C)c2c1)-c1c2c(cc4ccc(C(C)(C)C)cc4c2cc[n+]1C)O3. The van der Waals surface area contributed by atoms with Crippen molar-refractivity contribution < 1.29 is 9.30 Å². The van der Waals surface area contributed by atoms with Crippen LogP contribution < -0.4 is 9.30 Å². The minimum atomic E-state index is 0.0941. The molecule has 0 unspecified atom stereocenters. The highest BCUT2D eigenvalue weighted by Gasteiger charge is 2.34. The number of benzene rings is 4. The van der Waals surface area contributed by atoms with Gasteiger partial charge in [-0.1, -0.05) is 77.4 Å². The zero-order valence-corrected chi connectivity index (χ0v) is 23.8. The van der Waals surface area contributed by atoms with E-state index in [-0.39, 0.29) is 10.8 Å². The molecule has 2 heterocycles. The second-order valence-corrected chi connectivity index (χ2v) is 13.3. The first-order valence-electron chi connectivity index (χ1n) is 13.5. The molecule has 1 aromatic heterocycles. The zero-order valence-electron chi connectivity index (χ0n) is 23.8. The van der Waals surface area contributed by atoms with E-state index in [0.29, 0.717) is 0 Å². The molecule has 0 saturated heterocycles. The summed E-state index contributed by atoms with van der Waals surface area (Å²) in [6, 6.07) is 18.3. The van der Waals surface area contributed by atoms with E-state index in [1.54, 1.807) is 0 Å². The highest BCUT2D eigenvalue weighted by atomic mass is 16.5. The predicted molar refractivity (Wildman–Crippen MR) is 157 cm³/mol. The van der Waals surface area contributed by atoms with Crippen molar-refractivity contribution >= 4 is 32.3 Å². The van der Waals surface area contributed by atoms with Gasteiger partial charge in [0.15, 0.2) is 6.20 Å². The molecule has 37 heavy (non-hydrogen) atoms. The summed E-state index contributed by atoms with van der Waals surface area (Å²) in [7, 11) is 2.17. The number of ether oxygens (including phenoxy) is 1. The number of nitrogens with zero attached hydrogens (tertiary/aromatic N) is 1. The van der Waals surface area contributed by atoms with Crippen LogP contribution in [0.5, 0.6) is 11.5 Å². The summed E-state index contributed by atoms with van der Waals surface area (Å²) in [6.45, 7) is 18.3. The minimum Gasteiger partial charge on any atom is -0.455 e. The van der Waals surface area contributed by atoms with Crippen LogP contribution in [-0.4, -0.2) is 0 Å². The topological polar surface area (TPSA) is 13.1 Å². The van der Waals surface area contributed by atoms with Crippen LogP contribution in [0, 0.1) is 19.3 Å². The molecular weight excluding hydrogens is 450 g/mol. The molecule has 0 spiro atoms. The Bertz CT molecular complexity index is 1760. The summed E-state index contributed by atoms with van der Waals surface area (Å²) in [5.41, 5.74) is 7.97. The molecule has 5 aromatic rings. The molecule has 0 N–H and O–H groups in total. The second kappa shape index (κ2) is 7.81. The Labute approximate surface area is 220 Å². The lowest BCUT2D eigenvalue weighted by Crippen LogP contribution is -2.32. The number of fused-ring (bicyclic) bond motifs is 5. The Kier molecular flexibility index (Phi) is 5.06. The van der Waals surface area contributed by atoms with Crippen molar-refractivity contribution in [1.29, 1.82) is 0 Å². The van der Waals surface area contributed by atoms with Gasteiger partial charge in [0, 0.05) is 17.0 Å². The van der Waals surface area contributed by atoms with E-state index in [1.807, 2.05) is 0 Å². The molecule has 0 saturated carbocycles. The first-order chi connectivity index (χ1) is 17.3. The van der Waals surface area contributed by atoms with Gasteiger partial charge in [-0.15, -0.1) is 0 Å². The maximum absolute atomic E-state index is 6.99. The van der Waals surface area contributed by atoms with Crippen molar-refractivity contribution in [3.05, 3.63) is 77.0 Å². The van der Waals surface area contributed by atoms with Crippen LogP contribution in [0.25, 0.3) is 43.6 Å². The maximum Gasteiger partial charge on any atom is 0.228 e. The summed E-state index contributed by atoms with van der Waals surface area (Å²) in [5.74, 6) is 2.00. The van der Waals surface area contributed by atoms with Crippen LogP contribution in [0.1, 0.15) is 63.8 Å². The van der Waals surface area contributed by atoms with E-state index >= 15 is 0 Å². The van der Waals surface area contributed by atoms with Crippen LogP contribution in [0.3, 0.4) is 0 Å². The molecule has 0 amide bonds. The van der Waals surface area contributed by atoms with Crippen molar-refractivity contribution in [2.45, 2.75) is 67.2 Å². The summed E-state index contributed by atoms with van der Waals surface area (Å²) in [6.07, 6.45) is 3.18. The number of hydrogen-bond acceptors (Lipinski definition) is 1. The smallest absolute Gasteiger partial charge is 0.228 e. The number of aromatic nitrogens is 1. The van der Waals surface area contributed by atoms with Gasteiger partial charge in [0.25, 0.3) is 0 Å². The molecule has 0 bridgehead atoms. The van der Waals surface area contributed by atoms with Crippen LogP contribution in [0.2, 0.25) is 0 Å². The molecule has 0 aliphatic carbocycles. The average Bonchev–Trinajstić information content (AvgIpc) is 2.81. The van der Waals surface area contributed by atoms with E-state index < -0.39 is 0 Å². The van der Waals surface area contributed by atoms with Gasteiger partial charge in [-0.2, -0.15) is 0 Å². The lowest BCUT2D eigenvalue weighted by atomic mass is 9.81. The lowest BCUT2D eigenvalue weighted by Gasteiger charge is -2.28. The highest BCUT2D eigenvalue weighted by Crippen LogP contribution is 2.53. The molecule has 2 heteroatoms. The van der Waals surface area contributed by atoms with Gasteiger partial charge in [-0.05, 0) is 75.9 Å². The molecule has 6 rings (SSSR count). The van der Waals surface area contributed by atoms with Crippen molar-refractivity contribution in [3.8, 4) is 22.8 Å². The van der Waals surface area contributed by atoms with Gasteiger partial charge < -0.3 is 4.74 Å². The monoisotopic (exact) mass is 488 g/mol. The van der Waals surface area contributed by atoms with E-state index in [2.05, 4.69) is 122 Å². The molecule has 4 aromatic carbocycles. The van der Waals surface area contributed by atoms with Crippen LogP contribution in [0.4, 0.5) is 0 Å². The predicted octanol–water partition coefficient (Wildman–Crippen LogP) is 9.25. The molecule has 1 aliphatic rings. The van der Waals surface area contributed by atoms with Crippen LogP contribution in [-0.2, 0) is 18.9 Å². The molecular formula is C35H38NO+. The first-order valence-corrected chi connectivity index (χ1v) is 13.5. The maximum atomic E-state index is 6.99. The molecule has 0 atom stereocenters. The van der Waals surface area contributed by atoms with Crippen molar-refractivity contribution in [3.63, 3.8) is 0 Å². The lowest BCUT2D eigenvalue weighted by molar-refractivity contribution is -0.659. The third-order valence-electron chi connectivity index (χ3n) is 8.00. The fourth-order valence-corrected chi connectivity index (χ4v) is 6.12. The van der Waals surface area contributed by atoms with Crippen LogP contribution in [0.15, 0.2) is 54.7 Å². The fourth-order valence-electron chi connectivity index (χ4n) is 6.12. The molecule has 1 aliphatic heterocycles. The summed E-state index contributed by atoms with van der Waals surface area (Å²) >= 11 is 0. The number of hydrogen-bond donors (Lipinski definition) is 0. The number of pyridine rings is 1. The average molecular weight is 489 g/mol. The summed E-state index contributed by atoms with van der Waals surface area (Å²) < 4.78 is 9.29. The van der Waals surface area contributed by atoms with E-state index in [4.69, 9.17) is 4.74 Å². The Hall–Kier alpha value is -3.39. The number of rotatable bonds is 1. The van der Waals surface area contributed by atoms with E-state index in [0.717, 1.165) is 17.9 Å². The summed E-state index contributed by atoms with van der Waals surface area (Å²) in [5, 5.41) is 7.64. The molecule has 0 fully saturated rings. The first kappa shape index (κ1) is 24.0. The Morgan fingerprint density at radius 2 is 1.54 bits per heavy atom. The van der Waals surface area contributed by atoms with Gasteiger partial charge in [-0.3, -0.25) is 0 Å². The third kappa shape index (κ3) is 3.72. The second-order valence-electron chi connectivity index (χ2n) is 13.3. The van der Waals surface area contributed by atoms with Gasteiger partial charge in [-0.25, -0.2) is 4.57 Å². The van der Waals surface area contributed by atoms with Gasteiger partial charge >= 0.3 is 0 Å². The van der Waals surface area contributed by atoms with Crippen molar-refractivity contribution in [2.75, 3.05) is 0 Å². The van der Waals surface area contributed by atoms with Crippen LogP contribution >= 0.6 is 0 Å². The van der Waals surface area contributed by atoms with Gasteiger partial charge in [0.1, 0.15) is 18.5 Å². The minimum absolute atomic E-state index is 0.0941.